The average Bonchev–Trinajstić information content (AvgIpc) is 2.87. The van der Waals surface area contributed by atoms with E-state index in [9.17, 15) is 8.42 Å². The quantitative estimate of drug-likeness (QED) is 0.811. The van der Waals surface area contributed by atoms with Crippen LogP contribution in [0.2, 0.25) is 0 Å². The molecule has 0 aromatic heterocycles. The van der Waals surface area contributed by atoms with E-state index in [1.807, 2.05) is 0 Å². The highest BCUT2D eigenvalue weighted by Crippen LogP contribution is 2.18. The molecule has 1 aromatic carbocycles. The van der Waals surface area contributed by atoms with Crippen molar-refractivity contribution in [2.75, 3.05) is 19.4 Å². The molecule has 1 saturated heterocycles. The Morgan fingerprint density at radius 3 is 2.95 bits per heavy atom. The minimum absolute atomic E-state index is 0.308. The second-order valence-electron chi connectivity index (χ2n) is 5.03. The second-order valence-corrected chi connectivity index (χ2v) is 7.05. The molecule has 1 unspecified atom stereocenters. The van der Waals surface area contributed by atoms with Crippen molar-refractivity contribution in [2.45, 2.75) is 36.6 Å². The van der Waals surface area contributed by atoms with E-state index in [1.54, 1.807) is 24.3 Å². The van der Waals surface area contributed by atoms with Gasteiger partial charge in [-0.3, -0.25) is 0 Å². The van der Waals surface area contributed by atoms with Crippen LogP contribution in [0, 0.1) is 0 Å². The first-order valence-electron chi connectivity index (χ1n) is 6.72. The molecule has 0 radical (unpaired) electrons. The van der Waals surface area contributed by atoms with Gasteiger partial charge >= 0.3 is 0 Å². The predicted molar refractivity (Wildman–Crippen MR) is 75.3 cm³/mol. The van der Waals surface area contributed by atoms with Crippen LogP contribution in [0.4, 0.5) is 0 Å². The topological polar surface area (TPSA) is 55.4 Å². The first-order valence-corrected chi connectivity index (χ1v) is 8.61. The number of rotatable bonds is 6. The van der Waals surface area contributed by atoms with E-state index in [-0.39, 0.29) is 0 Å². The molecule has 1 aromatic rings. The van der Waals surface area contributed by atoms with E-state index >= 15 is 0 Å². The van der Waals surface area contributed by atoms with Gasteiger partial charge in [-0.05, 0) is 50.4 Å². The van der Waals surface area contributed by atoms with Gasteiger partial charge in [-0.2, -0.15) is 0 Å². The number of benzene rings is 1. The zero-order chi connectivity index (χ0) is 13.7. The molecule has 1 heterocycles. The summed E-state index contributed by atoms with van der Waals surface area (Å²) >= 11 is 0. The fraction of sp³-hybridized carbons (Fsp3) is 0.571. The summed E-state index contributed by atoms with van der Waals surface area (Å²) < 4.78 is 28.5. The lowest BCUT2D eigenvalue weighted by molar-refractivity contribution is 0.298. The zero-order valence-electron chi connectivity index (χ0n) is 11.3. The monoisotopic (exact) mass is 283 g/mol. The van der Waals surface area contributed by atoms with Gasteiger partial charge < -0.3 is 10.1 Å². The van der Waals surface area contributed by atoms with Gasteiger partial charge in [0.15, 0.2) is 9.84 Å². The number of hydrogen-bond acceptors (Lipinski definition) is 4. The maximum absolute atomic E-state index is 11.4. The van der Waals surface area contributed by atoms with Crippen LogP contribution < -0.4 is 10.1 Å². The molecule has 19 heavy (non-hydrogen) atoms. The average molecular weight is 283 g/mol. The van der Waals surface area contributed by atoms with Crippen LogP contribution in [-0.4, -0.2) is 33.9 Å². The van der Waals surface area contributed by atoms with Crippen LogP contribution in [0.25, 0.3) is 0 Å². The van der Waals surface area contributed by atoms with Crippen molar-refractivity contribution in [3.05, 3.63) is 24.3 Å². The Bertz CT molecular complexity index is 507. The van der Waals surface area contributed by atoms with Gasteiger partial charge in [0.25, 0.3) is 0 Å². The second kappa shape index (κ2) is 6.39. The SMILES string of the molecule is CS(=O)(=O)c1cccc(OCCCC2CCCN2)c1. The van der Waals surface area contributed by atoms with Crippen molar-refractivity contribution in [2.24, 2.45) is 0 Å². The molecular formula is C14H21NO3S. The summed E-state index contributed by atoms with van der Waals surface area (Å²) in [5.74, 6) is 0.627. The highest BCUT2D eigenvalue weighted by molar-refractivity contribution is 7.90. The van der Waals surface area contributed by atoms with E-state index in [4.69, 9.17) is 4.74 Å². The van der Waals surface area contributed by atoms with Crippen LogP contribution in [0.1, 0.15) is 25.7 Å². The molecule has 1 aliphatic heterocycles. The molecule has 5 heteroatoms. The smallest absolute Gasteiger partial charge is 0.175 e. The summed E-state index contributed by atoms with van der Waals surface area (Å²) in [5, 5.41) is 3.45. The lowest BCUT2D eigenvalue weighted by Crippen LogP contribution is -2.21. The summed E-state index contributed by atoms with van der Waals surface area (Å²) in [6, 6.07) is 7.31. The lowest BCUT2D eigenvalue weighted by Gasteiger charge is -2.11. The minimum atomic E-state index is -3.16. The summed E-state index contributed by atoms with van der Waals surface area (Å²) in [6.07, 6.45) is 5.83. The van der Waals surface area contributed by atoms with Gasteiger partial charge in [0, 0.05) is 12.3 Å². The fourth-order valence-electron chi connectivity index (χ4n) is 2.32. The first-order chi connectivity index (χ1) is 9.05. The van der Waals surface area contributed by atoms with E-state index in [2.05, 4.69) is 5.32 Å². The molecule has 1 atom stereocenters. The largest absolute Gasteiger partial charge is 0.494 e. The number of hydrogen-bond donors (Lipinski definition) is 1. The third-order valence-corrected chi connectivity index (χ3v) is 4.47. The van der Waals surface area contributed by atoms with Gasteiger partial charge in [-0.15, -0.1) is 0 Å². The maximum atomic E-state index is 11.4. The molecule has 106 valence electrons. The Hall–Kier alpha value is -1.07. The summed E-state index contributed by atoms with van der Waals surface area (Å²) in [7, 11) is -3.16. The molecule has 0 spiro atoms. The number of nitrogens with one attached hydrogen (secondary N) is 1. The summed E-state index contributed by atoms with van der Waals surface area (Å²) in [4.78, 5) is 0.308. The van der Waals surface area contributed by atoms with E-state index in [0.717, 1.165) is 19.4 Å². The first kappa shape index (κ1) is 14.3. The van der Waals surface area contributed by atoms with Gasteiger partial charge in [0.05, 0.1) is 11.5 Å². The van der Waals surface area contributed by atoms with Crippen LogP contribution in [-0.2, 0) is 9.84 Å². The molecular weight excluding hydrogens is 262 g/mol. The lowest BCUT2D eigenvalue weighted by atomic mass is 10.1. The third kappa shape index (κ3) is 4.51. The highest BCUT2D eigenvalue weighted by Gasteiger charge is 2.13. The molecule has 2 rings (SSSR count). The normalized spacial score (nSPS) is 19.5. The van der Waals surface area contributed by atoms with Gasteiger partial charge in [0.1, 0.15) is 5.75 Å². The molecule has 0 bridgehead atoms. The van der Waals surface area contributed by atoms with Crippen molar-refractivity contribution < 1.29 is 13.2 Å². The van der Waals surface area contributed by atoms with Crippen molar-refractivity contribution in [3.63, 3.8) is 0 Å². The molecule has 4 nitrogen and oxygen atoms in total. The van der Waals surface area contributed by atoms with Gasteiger partial charge in [0.2, 0.25) is 0 Å². The number of ether oxygens (including phenoxy) is 1. The standard InChI is InChI=1S/C14H21NO3S/c1-19(16,17)14-8-2-7-13(11-14)18-10-4-6-12-5-3-9-15-12/h2,7-8,11-12,15H,3-6,9-10H2,1H3. The van der Waals surface area contributed by atoms with E-state index in [0.29, 0.717) is 23.3 Å². The van der Waals surface area contributed by atoms with Crippen molar-refractivity contribution in [1.82, 2.24) is 5.32 Å². The Morgan fingerprint density at radius 2 is 2.26 bits per heavy atom. The van der Waals surface area contributed by atoms with Gasteiger partial charge in [-0.25, -0.2) is 8.42 Å². The van der Waals surface area contributed by atoms with Gasteiger partial charge in [-0.1, -0.05) is 6.07 Å². The van der Waals surface area contributed by atoms with Crippen molar-refractivity contribution in [3.8, 4) is 5.75 Å². The molecule has 1 fully saturated rings. The Morgan fingerprint density at radius 1 is 1.42 bits per heavy atom. The third-order valence-electron chi connectivity index (χ3n) is 3.36. The molecule has 1 aliphatic rings. The zero-order valence-corrected chi connectivity index (χ0v) is 12.1. The predicted octanol–water partition coefficient (Wildman–Crippen LogP) is 2.00. The Labute approximate surface area is 115 Å². The van der Waals surface area contributed by atoms with E-state index < -0.39 is 9.84 Å². The van der Waals surface area contributed by atoms with Crippen molar-refractivity contribution >= 4 is 9.84 Å². The number of sulfone groups is 1. The van der Waals surface area contributed by atoms with Crippen LogP contribution in [0.3, 0.4) is 0 Å². The fourth-order valence-corrected chi connectivity index (χ4v) is 2.97. The molecule has 1 N–H and O–H groups in total. The molecule has 0 saturated carbocycles. The van der Waals surface area contributed by atoms with Crippen LogP contribution in [0.5, 0.6) is 5.75 Å². The highest BCUT2D eigenvalue weighted by atomic mass is 32.2. The Balaban J connectivity index is 1.79. The maximum Gasteiger partial charge on any atom is 0.175 e. The summed E-state index contributed by atoms with van der Waals surface area (Å²) in [5.41, 5.74) is 0. The summed E-state index contributed by atoms with van der Waals surface area (Å²) in [6.45, 7) is 1.76. The van der Waals surface area contributed by atoms with Crippen molar-refractivity contribution in [1.29, 1.82) is 0 Å². The Kier molecular flexibility index (Phi) is 4.82. The van der Waals surface area contributed by atoms with Crippen LogP contribution in [0.15, 0.2) is 29.2 Å². The van der Waals surface area contributed by atoms with Crippen LogP contribution >= 0.6 is 0 Å². The minimum Gasteiger partial charge on any atom is -0.494 e. The molecule has 0 aliphatic carbocycles. The van der Waals surface area contributed by atoms with E-state index in [1.165, 1.54) is 19.1 Å². The molecule has 0 amide bonds.